The van der Waals surface area contributed by atoms with Crippen LogP contribution >= 0.6 is 11.8 Å². The van der Waals surface area contributed by atoms with Gasteiger partial charge in [0.05, 0.1) is 4.91 Å². The fourth-order valence-corrected chi connectivity index (χ4v) is 3.56. The van der Waals surface area contributed by atoms with Crippen molar-refractivity contribution in [3.8, 4) is 5.75 Å². The van der Waals surface area contributed by atoms with Crippen LogP contribution in [0, 0.1) is 0 Å². The number of hydrogen-bond acceptors (Lipinski definition) is 5. The van der Waals surface area contributed by atoms with Gasteiger partial charge < -0.3 is 10.1 Å². The Balaban J connectivity index is 1.38. The number of imide groups is 1. The van der Waals surface area contributed by atoms with Gasteiger partial charge in [-0.2, -0.15) is 0 Å². The summed E-state index contributed by atoms with van der Waals surface area (Å²) >= 11 is 0.851. The quantitative estimate of drug-likeness (QED) is 0.623. The molecule has 1 aliphatic heterocycles. The largest absolute Gasteiger partial charge is 0.484 e. The van der Waals surface area contributed by atoms with E-state index in [1.807, 2.05) is 42.5 Å². The molecule has 0 unspecified atom stereocenters. The summed E-state index contributed by atoms with van der Waals surface area (Å²) in [7, 11) is 0. The second-order valence-electron chi connectivity index (χ2n) is 6.32. The Morgan fingerprint density at radius 2 is 1.83 bits per heavy atom. The minimum atomic E-state index is -0.416. The van der Waals surface area contributed by atoms with Crippen LogP contribution in [0.25, 0.3) is 16.8 Å². The second kappa shape index (κ2) is 8.20. The van der Waals surface area contributed by atoms with E-state index < -0.39 is 5.91 Å². The Morgan fingerprint density at radius 1 is 1.00 bits per heavy atom. The van der Waals surface area contributed by atoms with Gasteiger partial charge in [-0.3, -0.25) is 19.7 Å². The molecule has 3 amide bonds. The molecule has 2 N–H and O–H groups in total. The topological polar surface area (TPSA) is 84.5 Å². The zero-order valence-electron chi connectivity index (χ0n) is 15.2. The minimum Gasteiger partial charge on any atom is -0.484 e. The molecule has 3 aromatic carbocycles. The highest BCUT2D eigenvalue weighted by molar-refractivity contribution is 8.18. The molecule has 144 valence electrons. The number of anilines is 1. The summed E-state index contributed by atoms with van der Waals surface area (Å²) < 4.78 is 5.56. The molecule has 1 heterocycles. The van der Waals surface area contributed by atoms with E-state index in [1.165, 1.54) is 0 Å². The number of hydrogen-bond donors (Lipinski definition) is 2. The van der Waals surface area contributed by atoms with Crippen LogP contribution in [0.3, 0.4) is 0 Å². The van der Waals surface area contributed by atoms with Gasteiger partial charge in [-0.05, 0) is 58.4 Å². The van der Waals surface area contributed by atoms with E-state index in [0.717, 1.165) is 22.5 Å². The first kappa shape index (κ1) is 18.8. The highest BCUT2D eigenvalue weighted by Gasteiger charge is 2.24. The first-order valence-corrected chi connectivity index (χ1v) is 9.65. The SMILES string of the molecule is O=C(COc1cccc(/C=C2\SC(=O)NC2=O)c1)Nc1ccc2ccccc2c1. The molecule has 0 saturated carbocycles. The number of carbonyl (C=O) groups is 3. The van der Waals surface area contributed by atoms with Gasteiger partial charge in [0, 0.05) is 5.69 Å². The van der Waals surface area contributed by atoms with Crippen molar-refractivity contribution in [1.82, 2.24) is 5.32 Å². The summed E-state index contributed by atoms with van der Waals surface area (Å²) in [5.41, 5.74) is 1.40. The number of ether oxygens (including phenoxy) is 1. The Morgan fingerprint density at radius 3 is 2.62 bits per heavy atom. The van der Waals surface area contributed by atoms with E-state index in [4.69, 9.17) is 4.74 Å². The van der Waals surface area contributed by atoms with Crippen LogP contribution in [0.2, 0.25) is 0 Å². The number of rotatable bonds is 5. The van der Waals surface area contributed by atoms with E-state index >= 15 is 0 Å². The molecule has 0 aromatic heterocycles. The van der Waals surface area contributed by atoms with Crippen molar-refractivity contribution in [3.05, 3.63) is 77.2 Å². The van der Waals surface area contributed by atoms with E-state index in [-0.39, 0.29) is 17.8 Å². The summed E-state index contributed by atoms with van der Waals surface area (Å²) in [6.07, 6.45) is 1.60. The Bertz CT molecular complexity index is 1160. The number of benzene rings is 3. The molecule has 1 saturated heterocycles. The van der Waals surface area contributed by atoms with Gasteiger partial charge in [0.25, 0.3) is 17.1 Å². The first-order chi connectivity index (χ1) is 14.1. The summed E-state index contributed by atoms with van der Waals surface area (Å²) in [5.74, 6) is -0.204. The van der Waals surface area contributed by atoms with Crippen molar-refractivity contribution in [2.75, 3.05) is 11.9 Å². The molecule has 7 heteroatoms. The van der Waals surface area contributed by atoms with Crippen LogP contribution in [0.4, 0.5) is 10.5 Å². The molecule has 1 aliphatic rings. The average molecular weight is 404 g/mol. The van der Waals surface area contributed by atoms with Gasteiger partial charge in [0.2, 0.25) is 0 Å². The molecule has 4 rings (SSSR count). The molecule has 0 atom stereocenters. The molecule has 6 nitrogen and oxygen atoms in total. The summed E-state index contributed by atoms with van der Waals surface area (Å²) in [6.45, 7) is -0.152. The maximum absolute atomic E-state index is 12.2. The zero-order valence-corrected chi connectivity index (χ0v) is 16.0. The van der Waals surface area contributed by atoms with Crippen LogP contribution in [-0.4, -0.2) is 23.7 Å². The van der Waals surface area contributed by atoms with Gasteiger partial charge >= 0.3 is 0 Å². The number of thioether (sulfide) groups is 1. The fraction of sp³-hybridized carbons (Fsp3) is 0.0455. The van der Waals surface area contributed by atoms with Crippen LogP contribution in [0.1, 0.15) is 5.56 Å². The Labute approximate surface area is 170 Å². The monoisotopic (exact) mass is 404 g/mol. The van der Waals surface area contributed by atoms with Crippen molar-refractivity contribution in [3.63, 3.8) is 0 Å². The highest BCUT2D eigenvalue weighted by atomic mass is 32.2. The van der Waals surface area contributed by atoms with Crippen molar-refractivity contribution < 1.29 is 19.1 Å². The third-order valence-electron chi connectivity index (χ3n) is 4.20. The molecular formula is C22H16N2O4S. The van der Waals surface area contributed by atoms with Gasteiger partial charge in [-0.25, -0.2) is 0 Å². The Hall–Kier alpha value is -3.58. The van der Waals surface area contributed by atoms with Crippen LogP contribution < -0.4 is 15.4 Å². The Kier molecular flexibility index (Phi) is 5.31. The zero-order chi connectivity index (χ0) is 20.2. The lowest BCUT2D eigenvalue weighted by molar-refractivity contribution is -0.118. The van der Waals surface area contributed by atoms with Crippen LogP contribution in [0.15, 0.2) is 71.6 Å². The highest BCUT2D eigenvalue weighted by Crippen LogP contribution is 2.26. The van der Waals surface area contributed by atoms with Crippen LogP contribution in [-0.2, 0) is 9.59 Å². The second-order valence-corrected chi connectivity index (χ2v) is 7.34. The summed E-state index contributed by atoms with van der Waals surface area (Å²) in [4.78, 5) is 35.4. The fourth-order valence-electron chi connectivity index (χ4n) is 2.88. The maximum atomic E-state index is 12.2. The molecule has 0 spiro atoms. The predicted molar refractivity (Wildman–Crippen MR) is 114 cm³/mol. The average Bonchev–Trinajstić information content (AvgIpc) is 3.03. The number of carbonyl (C=O) groups excluding carboxylic acids is 3. The smallest absolute Gasteiger partial charge is 0.290 e. The first-order valence-electron chi connectivity index (χ1n) is 8.83. The van der Waals surface area contributed by atoms with E-state index in [1.54, 1.807) is 30.3 Å². The van der Waals surface area contributed by atoms with E-state index in [2.05, 4.69) is 10.6 Å². The normalized spacial score (nSPS) is 14.8. The molecular weight excluding hydrogens is 388 g/mol. The maximum Gasteiger partial charge on any atom is 0.290 e. The van der Waals surface area contributed by atoms with Crippen molar-refractivity contribution in [1.29, 1.82) is 0 Å². The summed E-state index contributed by atoms with van der Waals surface area (Å²) in [5, 5.41) is 6.78. The van der Waals surface area contributed by atoms with Gasteiger partial charge in [0.15, 0.2) is 6.61 Å². The number of amides is 3. The molecule has 1 fully saturated rings. The van der Waals surface area contributed by atoms with Crippen molar-refractivity contribution in [2.24, 2.45) is 0 Å². The predicted octanol–water partition coefficient (Wildman–Crippen LogP) is 4.18. The van der Waals surface area contributed by atoms with E-state index in [9.17, 15) is 14.4 Å². The van der Waals surface area contributed by atoms with E-state index in [0.29, 0.717) is 21.9 Å². The third kappa shape index (κ3) is 4.64. The minimum absolute atomic E-state index is 0.152. The lowest BCUT2D eigenvalue weighted by Gasteiger charge is -2.09. The number of nitrogens with one attached hydrogen (secondary N) is 2. The molecule has 29 heavy (non-hydrogen) atoms. The van der Waals surface area contributed by atoms with Crippen molar-refractivity contribution in [2.45, 2.75) is 0 Å². The van der Waals surface area contributed by atoms with Gasteiger partial charge in [-0.15, -0.1) is 0 Å². The molecule has 3 aromatic rings. The standard InChI is InChI=1S/C22H16N2O4S/c25-20(23-17-9-8-15-5-1-2-6-16(15)12-17)13-28-18-7-3-4-14(10-18)11-19-21(26)24-22(27)29-19/h1-12H,13H2,(H,23,25)(H,24,26,27)/b19-11-. The lowest BCUT2D eigenvalue weighted by atomic mass is 10.1. The third-order valence-corrected chi connectivity index (χ3v) is 5.01. The van der Waals surface area contributed by atoms with Gasteiger partial charge in [0.1, 0.15) is 5.75 Å². The lowest BCUT2D eigenvalue weighted by Crippen LogP contribution is -2.20. The van der Waals surface area contributed by atoms with Gasteiger partial charge in [-0.1, -0.05) is 42.5 Å². The molecule has 0 bridgehead atoms. The molecule has 0 aliphatic carbocycles. The van der Waals surface area contributed by atoms with Crippen molar-refractivity contribution >= 4 is 51.4 Å². The molecule has 0 radical (unpaired) electrons. The summed E-state index contributed by atoms with van der Waals surface area (Å²) in [6, 6.07) is 20.6. The number of fused-ring (bicyclic) bond motifs is 1. The van der Waals surface area contributed by atoms with Crippen LogP contribution in [0.5, 0.6) is 5.75 Å².